The fourth-order valence-electron chi connectivity index (χ4n) is 6.90. The number of likely N-dealkylation sites (tertiary alicyclic amines) is 1. The van der Waals surface area contributed by atoms with Crippen molar-refractivity contribution in [3.05, 3.63) is 46.9 Å². The Kier molecular flexibility index (Phi) is 6.47. The van der Waals surface area contributed by atoms with Gasteiger partial charge in [0.2, 0.25) is 0 Å². The number of hydrogen-bond acceptors (Lipinski definition) is 7. The molecule has 196 valence electrons. The summed E-state index contributed by atoms with van der Waals surface area (Å²) in [6, 6.07) is 7.67. The minimum atomic E-state index is -0.419. The van der Waals surface area contributed by atoms with Crippen LogP contribution in [0.4, 0.5) is 15.9 Å². The molecule has 1 aliphatic carbocycles. The zero-order chi connectivity index (χ0) is 25.7. The maximum absolute atomic E-state index is 15.0. The molecular weight excluding hydrogens is 469 g/mol. The Morgan fingerprint density at radius 3 is 2.05 bits per heavy atom. The van der Waals surface area contributed by atoms with Crippen molar-refractivity contribution in [2.45, 2.75) is 57.9 Å². The molecule has 0 spiro atoms. The maximum atomic E-state index is 15.0. The van der Waals surface area contributed by atoms with E-state index in [0.717, 1.165) is 50.8 Å². The molecule has 1 aromatic heterocycles. The zero-order valence-corrected chi connectivity index (χ0v) is 21.8. The summed E-state index contributed by atoms with van der Waals surface area (Å²) in [6.45, 7) is 8.33. The number of carbonyl (C=O) groups excluding carboxylic acids is 2. The van der Waals surface area contributed by atoms with E-state index in [1.807, 2.05) is 0 Å². The first-order valence-corrected chi connectivity index (χ1v) is 13.8. The average molecular weight is 506 g/mol. The molecule has 3 aliphatic heterocycles. The standard InChI is InChI=1S/C29H36FN5O2/c1-18(36)24-10-26(30)28(11-25(24)19(2)37)34-14-21-12-33(13-22(21)15-34)23-16-35(17-23)29-9-8-27(31-32-29)20-6-4-3-5-7-20/h8-11,20-23H,3-7,12-17H2,1-2H3. The van der Waals surface area contributed by atoms with Crippen molar-refractivity contribution in [1.29, 1.82) is 0 Å². The third-order valence-corrected chi connectivity index (χ3v) is 9.10. The van der Waals surface area contributed by atoms with E-state index in [1.165, 1.54) is 52.0 Å². The number of ketones is 2. The van der Waals surface area contributed by atoms with E-state index in [-0.39, 0.29) is 17.1 Å². The average Bonchev–Trinajstić information content (AvgIpc) is 3.43. The van der Waals surface area contributed by atoms with E-state index < -0.39 is 5.82 Å². The highest BCUT2D eigenvalue weighted by Crippen LogP contribution is 2.38. The third kappa shape index (κ3) is 4.65. The third-order valence-electron chi connectivity index (χ3n) is 9.10. The first-order chi connectivity index (χ1) is 17.9. The zero-order valence-electron chi connectivity index (χ0n) is 21.8. The van der Waals surface area contributed by atoms with Gasteiger partial charge in [0.05, 0.1) is 11.4 Å². The van der Waals surface area contributed by atoms with Gasteiger partial charge in [-0.05, 0) is 62.8 Å². The van der Waals surface area contributed by atoms with Gasteiger partial charge in [0.15, 0.2) is 17.4 Å². The van der Waals surface area contributed by atoms with Crippen LogP contribution in [0.5, 0.6) is 0 Å². The van der Waals surface area contributed by atoms with Crippen molar-refractivity contribution in [1.82, 2.24) is 15.1 Å². The summed E-state index contributed by atoms with van der Waals surface area (Å²) in [5, 5.41) is 9.12. The number of fused-ring (bicyclic) bond motifs is 1. The summed E-state index contributed by atoms with van der Waals surface area (Å²) in [5.41, 5.74) is 2.08. The molecule has 2 aromatic rings. The molecular formula is C29H36FN5O2. The van der Waals surface area contributed by atoms with Gasteiger partial charge in [0.1, 0.15) is 5.82 Å². The molecule has 7 nitrogen and oxygen atoms in total. The number of rotatable bonds is 6. The number of aromatic nitrogens is 2. The van der Waals surface area contributed by atoms with E-state index in [0.29, 0.717) is 35.0 Å². The van der Waals surface area contributed by atoms with Crippen LogP contribution in [-0.2, 0) is 0 Å². The number of benzene rings is 1. The highest BCUT2D eigenvalue weighted by atomic mass is 19.1. The Labute approximate surface area is 218 Å². The lowest BCUT2D eigenvalue weighted by Crippen LogP contribution is -2.59. The van der Waals surface area contributed by atoms with Crippen molar-refractivity contribution in [2.75, 3.05) is 49.1 Å². The summed E-state index contributed by atoms with van der Waals surface area (Å²) >= 11 is 0. The largest absolute Gasteiger partial charge is 0.368 e. The lowest BCUT2D eigenvalue weighted by atomic mass is 9.87. The molecule has 6 rings (SSSR count). The quantitative estimate of drug-likeness (QED) is 0.542. The van der Waals surface area contributed by atoms with Crippen LogP contribution in [0.3, 0.4) is 0 Å². The number of halogens is 1. The van der Waals surface area contributed by atoms with E-state index >= 15 is 0 Å². The molecule has 2 unspecified atom stereocenters. The fourth-order valence-corrected chi connectivity index (χ4v) is 6.90. The number of anilines is 2. The van der Waals surface area contributed by atoms with Gasteiger partial charge in [-0.2, -0.15) is 5.10 Å². The number of carbonyl (C=O) groups is 2. The van der Waals surface area contributed by atoms with Gasteiger partial charge in [0, 0.05) is 62.4 Å². The lowest BCUT2D eigenvalue weighted by molar-refractivity contribution is 0.0980. The predicted octanol–water partition coefficient (Wildman–Crippen LogP) is 4.33. The van der Waals surface area contributed by atoms with Crippen LogP contribution in [0.15, 0.2) is 24.3 Å². The smallest absolute Gasteiger partial charge is 0.160 e. The molecule has 4 aliphatic rings. The number of nitrogens with zero attached hydrogens (tertiary/aromatic N) is 5. The molecule has 4 heterocycles. The van der Waals surface area contributed by atoms with Crippen LogP contribution in [0.1, 0.15) is 78.3 Å². The Bertz CT molecular complexity index is 1180. The first kappa shape index (κ1) is 24.5. The summed E-state index contributed by atoms with van der Waals surface area (Å²) < 4.78 is 15.0. The Balaban J connectivity index is 1.04. The first-order valence-electron chi connectivity index (χ1n) is 13.8. The molecule has 0 amide bonds. The van der Waals surface area contributed by atoms with Gasteiger partial charge in [-0.1, -0.05) is 19.3 Å². The van der Waals surface area contributed by atoms with Gasteiger partial charge < -0.3 is 9.80 Å². The molecule has 2 atom stereocenters. The van der Waals surface area contributed by atoms with Gasteiger partial charge in [0.25, 0.3) is 0 Å². The summed E-state index contributed by atoms with van der Waals surface area (Å²) in [5.74, 6) is 1.61. The van der Waals surface area contributed by atoms with Crippen LogP contribution in [0.25, 0.3) is 0 Å². The number of Topliss-reactive ketones (excluding diaryl/α,β-unsaturated/α-hetero) is 2. The maximum Gasteiger partial charge on any atom is 0.160 e. The minimum absolute atomic E-state index is 0.169. The van der Waals surface area contributed by atoms with Crippen molar-refractivity contribution in [3.8, 4) is 0 Å². The second kappa shape index (κ2) is 9.78. The highest BCUT2D eigenvalue weighted by Gasteiger charge is 2.45. The van der Waals surface area contributed by atoms with Gasteiger partial charge >= 0.3 is 0 Å². The monoisotopic (exact) mass is 505 g/mol. The fraction of sp³-hybridized carbons (Fsp3) is 0.586. The Morgan fingerprint density at radius 1 is 0.811 bits per heavy atom. The topological polar surface area (TPSA) is 69.6 Å². The highest BCUT2D eigenvalue weighted by molar-refractivity contribution is 6.08. The molecule has 0 radical (unpaired) electrons. The van der Waals surface area contributed by atoms with Crippen LogP contribution in [0, 0.1) is 17.7 Å². The second-order valence-corrected chi connectivity index (χ2v) is 11.6. The molecule has 0 bridgehead atoms. The summed E-state index contributed by atoms with van der Waals surface area (Å²) in [6.07, 6.45) is 6.43. The minimum Gasteiger partial charge on any atom is -0.368 e. The van der Waals surface area contributed by atoms with Gasteiger partial charge in [-0.3, -0.25) is 14.5 Å². The van der Waals surface area contributed by atoms with Crippen LogP contribution >= 0.6 is 0 Å². The van der Waals surface area contributed by atoms with E-state index in [1.54, 1.807) is 6.07 Å². The Hall–Kier alpha value is -2.87. The molecule has 8 heteroatoms. The molecule has 1 saturated carbocycles. The van der Waals surface area contributed by atoms with Crippen molar-refractivity contribution in [3.63, 3.8) is 0 Å². The van der Waals surface area contributed by atoms with E-state index in [4.69, 9.17) is 0 Å². The van der Waals surface area contributed by atoms with Crippen LogP contribution in [-0.4, -0.2) is 72.0 Å². The van der Waals surface area contributed by atoms with Crippen LogP contribution in [0.2, 0.25) is 0 Å². The second-order valence-electron chi connectivity index (χ2n) is 11.6. The van der Waals surface area contributed by atoms with Crippen molar-refractivity contribution in [2.24, 2.45) is 11.8 Å². The molecule has 0 N–H and O–H groups in total. The molecule has 3 saturated heterocycles. The Morgan fingerprint density at radius 2 is 1.46 bits per heavy atom. The molecule has 37 heavy (non-hydrogen) atoms. The van der Waals surface area contributed by atoms with Crippen molar-refractivity contribution < 1.29 is 14.0 Å². The lowest BCUT2D eigenvalue weighted by Gasteiger charge is -2.45. The molecule has 4 fully saturated rings. The summed E-state index contributed by atoms with van der Waals surface area (Å²) in [4.78, 5) is 31.0. The summed E-state index contributed by atoms with van der Waals surface area (Å²) in [7, 11) is 0. The normalized spacial score (nSPS) is 24.8. The SMILES string of the molecule is CC(=O)c1cc(F)c(N2CC3CN(C4CN(c5ccc(C6CCCCC6)nn5)C4)CC3C2)cc1C(C)=O. The van der Waals surface area contributed by atoms with Crippen LogP contribution < -0.4 is 9.80 Å². The predicted molar refractivity (Wildman–Crippen MR) is 141 cm³/mol. The van der Waals surface area contributed by atoms with E-state index in [2.05, 4.69) is 37.0 Å². The number of hydrogen-bond donors (Lipinski definition) is 0. The molecule has 1 aromatic carbocycles. The van der Waals surface area contributed by atoms with Gasteiger partial charge in [-0.25, -0.2) is 4.39 Å². The van der Waals surface area contributed by atoms with E-state index in [9.17, 15) is 14.0 Å². The van der Waals surface area contributed by atoms with Crippen molar-refractivity contribution >= 4 is 23.1 Å². The van der Waals surface area contributed by atoms with Gasteiger partial charge in [-0.15, -0.1) is 5.10 Å².